The van der Waals surface area contributed by atoms with Gasteiger partial charge >= 0.3 is 0 Å². The lowest BCUT2D eigenvalue weighted by Gasteiger charge is -2.28. The fourth-order valence-electron chi connectivity index (χ4n) is 1.94. The summed E-state index contributed by atoms with van der Waals surface area (Å²) in [6, 6.07) is 0.787. The fourth-order valence-corrected chi connectivity index (χ4v) is 1.94. The lowest BCUT2D eigenvalue weighted by atomic mass is 10.3. The van der Waals surface area contributed by atoms with Crippen molar-refractivity contribution in [1.82, 2.24) is 9.80 Å². The number of hydrogen-bond donors (Lipinski definition) is 1. The summed E-state index contributed by atoms with van der Waals surface area (Å²) < 4.78 is 0. The number of amides is 1. The Bertz CT molecular complexity index is 227. The van der Waals surface area contributed by atoms with E-state index in [-0.39, 0.29) is 12.5 Å². The van der Waals surface area contributed by atoms with Crippen LogP contribution in [0.4, 0.5) is 0 Å². The van der Waals surface area contributed by atoms with Gasteiger partial charge in [0.25, 0.3) is 0 Å². The SMILES string of the molecule is CCN(C(=O)CN(CCO)C(C)C)C1CC1. The van der Waals surface area contributed by atoms with Crippen molar-refractivity contribution < 1.29 is 9.90 Å². The van der Waals surface area contributed by atoms with Gasteiger partial charge in [-0.15, -0.1) is 0 Å². The van der Waals surface area contributed by atoms with Crippen LogP contribution in [0.3, 0.4) is 0 Å². The van der Waals surface area contributed by atoms with Gasteiger partial charge in [0.15, 0.2) is 0 Å². The van der Waals surface area contributed by atoms with Crippen LogP contribution in [0, 0.1) is 0 Å². The third-order valence-corrected chi connectivity index (χ3v) is 3.10. The van der Waals surface area contributed by atoms with Gasteiger partial charge in [0.1, 0.15) is 0 Å². The number of hydrogen-bond acceptors (Lipinski definition) is 3. The van der Waals surface area contributed by atoms with Crippen LogP contribution in [0.15, 0.2) is 0 Å². The van der Waals surface area contributed by atoms with Crippen LogP contribution >= 0.6 is 0 Å². The molecule has 0 radical (unpaired) electrons. The minimum atomic E-state index is 0.112. The Kier molecular flexibility index (Phi) is 5.22. The van der Waals surface area contributed by atoms with Crippen LogP contribution in [0.1, 0.15) is 33.6 Å². The van der Waals surface area contributed by atoms with Crippen molar-refractivity contribution in [3.8, 4) is 0 Å². The number of aliphatic hydroxyl groups is 1. The highest BCUT2D eigenvalue weighted by molar-refractivity contribution is 5.79. The third-order valence-electron chi connectivity index (χ3n) is 3.10. The Labute approximate surface area is 98.2 Å². The number of nitrogens with zero attached hydrogens (tertiary/aromatic N) is 2. The number of likely N-dealkylation sites (N-methyl/N-ethyl adjacent to an activating group) is 1. The second-order valence-corrected chi connectivity index (χ2v) is 4.70. The fraction of sp³-hybridized carbons (Fsp3) is 0.917. The van der Waals surface area contributed by atoms with E-state index in [2.05, 4.69) is 13.8 Å². The molecule has 0 aromatic carbocycles. The van der Waals surface area contributed by atoms with Gasteiger partial charge in [-0.05, 0) is 33.6 Å². The Balaban J connectivity index is 2.45. The average molecular weight is 228 g/mol. The van der Waals surface area contributed by atoms with Gasteiger partial charge < -0.3 is 10.0 Å². The first-order valence-corrected chi connectivity index (χ1v) is 6.24. The zero-order valence-corrected chi connectivity index (χ0v) is 10.6. The summed E-state index contributed by atoms with van der Waals surface area (Å²) in [7, 11) is 0. The summed E-state index contributed by atoms with van der Waals surface area (Å²) in [5.41, 5.74) is 0. The standard InChI is InChI=1S/C12H24N2O2/c1-4-14(11-5-6-11)12(16)9-13(7-8-15)10(2)3/h10-11,15H,4-9H2,1-3H3. The first-order chi connectivity index (χ1) is 7.60. The first kappa shape index (κ1) is 13.5. The third kappa shape index (κ3) is 3.76. The molecule has 0 aromatic rings. The molecule has 1 aliphatic rings. The summed E-state index contributed by atoms with van der Waals surface area (Å²) in [5, 5.41) is 8.95. The molecule has 4 heteroatoms. The number of carbonyl (C=O) groups excluding carboxylic acids is 1. The van der Waals surface area contributed by atoms with Gasteiger partial charge in [-0.25, -0.2) is 0 Å². The van der Waals surface area contributed by atoms with Crippen molar-refractivity contribution in [3.05, 3.63) is 0 Å². The number of rotatable bonds is 7. The summed E-state index contributed by atoms with van der Waals surface area (Å²) in [6.07, 6.45) is 2.31. The summed E-state index contributed by atoms with van der Waals surface area (Å²) in [4.78, 5) is 16.0. The Morgan fingerprint density at radius 1 is 1.44 bits per heavy atom. The van der Waals surface area contributed by atoms with Crippen LogP contribution in [-0.2, 0) is 4.79 Å². The highest BCUT2D eigenvalue weighted by Gasteiger charge is 2.31. The van der Waals surface area contributed by atoms with Crippen LogP contribution in [0.25, 0.3) is 0 Å². The number of carbonyl (C=O) groups is 1. The quantitative estimate of drug-likeness (QED) is 0.697. The van der Waals surface area contributed by atoms with Gasteiger partial charge in [0.05, 0.1) is 13.2 Å². The maximum atomic E-state index is 12.0. The van der Waals surface area contributed by atoms with Gasteiger partial charge in [0, 0.05) is 25.2 Å². The lowest BCUT2D eigenvalue weighted by molar-refractivity contribution is -0.133. The van der Waals surface area contributed by atoms with Crippen LogP contribution in [-0.4, -0.2) is 59.1 Å². The molecule has 0 heterocycles. The van der Waals surface area contributed by atoms with Crippen molar-refractivity contribution in [2.24, 2.45) is 0 Å². The maximum Gasteiger partial charge on any atom is 0.236 e. The summed E-state index contributed by atoms with van der Waals surface area (Å²) in [6.45, 7) is 8.05. The molecule has 0 aromatic heterocycles. The molecule has 0 bridgehead atoms. The molecule has 0 aliphatic heterocycles. The highest BCUT2D eigenvalue weighted by atomic mass is 16.3. The van der Waals surface area contributed by atoms with Crippen LogP contribution in [0.5, 0.6) is 0 Å². The zero-order chi connectivity index (χ0) is 12.1. The highest BCUT2D eigenvalue weighted by Crippen LogP contribution is 2.26. The van der Waals surface area contributed by atoms with E-state index in [9.17, 15) is 4.79 Å². The van der Waals surface area contributed by atoms with Crippen molar-refractivity contribution >= 4 is 5.91 Å². The molecule has 1 rings (SSSR count). The molecular formula is C12H24N2O2. The maximum absolute atomic E-state index is 12.0. The molecule has 4 nitrogen and oxygen atoms in total. The van der Waals surface area contributed by atoms with E-state index < -0.39 is 0 Å². The predicted molar refractivity (Wildman–Crippen MR) is 64.2 cm³/mol. The van der Waals surface area contributed by atoms with E-state index in [4.69, 9.17) is 5.11 Å². The molecule has 0 spiro atoms. The largest absolute Gasteiger partial charge is 0.395 e. The van der Waals surface area contributed by atoms with Gasteiger partial charge in [-0.2, -0.15) is 0 Å². The molecule has 0 saturated heterocycles. The first-order valence-electron chi connectivity index (χ1n) is 6.24. The molecule has 1 N–H and O–H groups in total. The molecule has 1 fully saturated rings. The van der Waals surface area contributed by atoms with Gasteiger partial charge in [-0.1, -0.05) is 0 Å². The minimum absolute atomic E-state index is 0.112. The predicted octanol–water partition coefficient (Wildman–Crippen LogP) is 0.700. The van der Waals surface area contributed by atoms with Crippen molar-refractivity contribution in [3.63, 3.8) is 0 Å². The Morgan fingerprint density at radius 2 is 2.06 bits per heavy atom. The van der Waals surface area contributed by atoms with Gasteiger partial charge in [-0.3, -0.25) is 9.69 Å². The van der Waals surface area contributed by atoms with E-state index >= 15 is 0 Å². The van der Waals surface area contributed by atoms with Crippen molar-refractivity contribution in [2.45, 2.75) is 45.7 Å². The normalized spacial score (nSPS) is 15.9. The molecule has 1 aliphatic carbocycles. The molecule has 1 saturated carbocycles. The van der Waals surface area contributed by atoms with E-state index in [1.807, 2.05) is 16.7 Å². The lowest BCUT2D eigenvalue weighted by Crippen LogP contribution is -2.44. The van der Waals surface area contributed by atoms with Crippen LogP contribution in [0.2, 0.25) is 0 Å². The van der Waals surface area contributed by atoms with E-state index in [0.29, 0.717) is 25.2 Å². The Morgan fingerprint density at radius 3 is 2.44 bits per heavy atom. The monoisotopic (exact) mass is 228 g/mol. The van der Waals surface area contributed by atoms with Crippen molar-refractivity contribution in [1.29, 1.82) is 0 Å². The molecule has 16 heavy (non-hydrogen) atoms. The minimum Gasteiger partial charge on any atom is -0.395 e. The topological polar surface area (TPSA) is 43.8 Å². The average Bonchev–Trinajstić information content (AvgIpc) is 3.02. The summed E-state index contributed by atoms with van der Waals surface area (Å²) >= 11 is 0. The molecular weight excluding hydrogens is 204 g/mol. The zero-order valence-electron chi connectivity index (χ0n) is 10.6. The van der Waals surface area contributed by atoms with E-state index in [1.54, 1.807) is 0 Å². The summed E-state index contributed by atoms with van der Waals surface area (Å²) in [5.74, 6) is 0.201. The Hall–Kier alpha value is -0.610. The van der Waals surface area contributed by atoms with E-state index in [0.717, 1.165) is 19.4 Å². The molecule has 1 amide bonds. The second kappa shape index (κ2) is 6.21. The van der Waals surface area contributed by atoms with Crippen LogP contribution < -0.4 is 0 Å². The molecule has 0 atom stereocenters. The molecule has 0 unspecified atom stereocenters. The smallest absolute Gasteiger partial charge is 0.236 e. The van der Waals surface area contributed by atoms with E-state index in [1.165, 1.54) is 0 Å². The number of aliphatic hydroxyl groups excluding tert-OH is 1. The van der Waals surface area contributed by atoms with Crippen molar-refractivity contribution in [2.75, 3.05) is 26.2 Å². The second-order valence-electron chi connectivity index (χ2n) is 4.70. The van der Waals surface area contributed by atoms with Gasteiger partial charge in [0.2, 0.25) is 5.91 Å². The molecule has 94 valence electrons.